The Kier molecular flexibility index (Phi) is 8.11. The number of aliphatic hydroxyl groups excluding tert-OH is 1. The van der Waals surface area contributed by atoms with Crippen LogP contribution in [0.3, 0.4) is 0 Å². The topological polar surface area (TPSA) is 78.7 Å². The zero-order valence-corrected chi connectivity index (χ0v) is 22.6. The third kappa shape index (κ3) is 6.16. The Labute approximate surface area is 227 Å². The van der Waals surface area contributed by atoms with Crippen molar-refractivity contribution in [2.75, 3.05) is 18.0 Å². The highest BCUT2D eigenvalue weighted by atomic mass is 35.5. The van der Waals surface area contributed by atoms with Crippen LogP contribution in [0.15, 0.2) is 53.5 Å². The van der Waals surface area contributed by atoms with Crippen molar-refractivity contribution in [3.63, 3.8) is 0 Å². The van der Waals surface area contributed by atoms with Crippen LogP contribution in [0.25, 0.3) is 22.5 Å². The number of amides is 1. The second-order valence-electron chi connectivity index (χ2n) is 9.70. The largest absolute Gasteiger partial charge is 0.495 e. The summed E-state index contributed by atoms with van der Waals surface area (Å²) in [7, 11) is 0. The van der Waals surface area contributed by atoms with Crippen LogP contribution in [-0.2, 0) is 6.42 Å². The number of aromatic nitrogens is 2. The molecule has 6 nitrogen and oxygen atoms in total. The molecule has 3 aromatic rings. The van der Waals surface area contributed by atoms with Crippen molar-refractivity contribution < 1.29 is 9.90 Å². The standard InChI is InChI=1S/C29H31ClN4O2S/c1-19-9-11-20(12-10-19)25-26(21-13-15-22(30)16-14-21)32-27-23(31-25)7-6-18-34(27)17-5-3-2-4-8-24-28(35)33-29(36)37-24/h9-16,24H,2-8,17-18H2,1H3,(H,33,35,36). The van der Waals surface area contributed by atoms with Crippen LogP contribution < -0.4 is 4.90 Å². The van der Waals surface area contributed by atoms with Gasteiger partial charge in [0.15, 0.2) is 5.82 Å². The van der Waals surface area contributed by atoms with Crippen molar-refractivity contribution in [2.24, 2.45) is 4.99 Å². The van der Waals surface area contributed by atoms with E-state index in [0.29, 0.717) is 5.02 Å². The number of hydrogen-bond donors (Lipinski definition) is 1. The Morgan fingerprint density at radius 3 is 2.35 bits per heavy atom. The van der Waals surface area contributed by atoms with Gasteiger partial charge in [0, 0.05) is 29.2 Å². The van der Waals surface area contributed by atoms with Gasteiger partial charge in [-0.1, -0.05) is 72.8 Å². The highest BCUT2D eigenvalue weighted by molar-refractivity contribution is 8.15. The van der Waals surface area contributed by atoms with Crippen LogP contribution in [0.1, 0.15) is 49.8 Å². The summed E-state index contributed by atoms with van der Waals surface area (Å²) in [5.74, 6) is 0.981. The summed E-state index contributed by atoms with van der Waals surface area (Å²) in [6, 6.07) is 16.3. The molecule has 37 heavy (non-hydrogen) atoms. The molecule has 1 N–H and O–H groups in total. The number of halogens is 1. The third-order valence-corrected chi connectivity index (χ3v) is 8.19. The number of rotatable bonds is 9. The van der Waals surface area contributed by atoms with Crippen molar-refractivity contribution in [1.29, 1.82) is 0 Å². The maximum atomic E-state index is 11.3. The van der Waals surface area contributed by atoms with Crippen molar-refractivity contribution in [3.05, 3.63) is 64.8 Å². The lowest BCUT2D eigenvalue weighted by atomic mass is 10.0. The van der Waals surface area contributed by atoms with Crippen molar-refractivity contribution in [3.8, 4) is 22.5 Å². The second-order valence-corrected chi connectivity index (χ2v) is 11.3. The predicted octanol–water partition coefficient (Wildman–Crippen LogP) is 7.67. The molecule has 0 spiro atoms. The minimum Gasteiger partial charge on any atom is -0.495 e. The SMILES string of the molecule is Cc1ccc(-c2nc3c(nc2-c2ccc(Cl)cc2)N(CCCCCCC2SC(=O)N=C2O)CCC3)cc1. The van der Waals surface area contributed by atoms with Crippen molar-refractivity contribution in [1.82, 2.24) is 9.97 Å². The van der Waals surface area contributed by atoms with Gasteiger partial charge in [-0.05, 0) is 56.5 Å². The lowest BCUT2D eigenvalue weighted by Crippen LogP contribution is -2.32. The fraction of sp³-hybridized carbons (Fsp3) is 0.379. The van der Waals surface area contributed by atoms with E-state index in [9.17, 15) is 9.90 Å². The van der Waals surface area contributed by atoms with Crippen molar-refractivity contribution >= 4 is 40.3 Å². The summed E-state index contributed by atoms with van der Waals surface area (Å²) < 4.78 is 0. The Bertz CT molecular complexity index is 1290. The molecule has 2 aromatic carbocycles. The first-order valence-corrected chi connectivity index (χ1v) is 14.2. The Balaban J connectivity index is 1.30. The highest BCUT2D eigenvalue weighted by Gasteiger charge is 2.27. The first-order chi connectivity index (χ1) is 18.0. The van der Waals surface area contributed by atoms with Crippen LogP contribution in [0.2, 0.25) is 5.02 Å². The molecule has 0 saturated heterocycles. The summed E-state index contributed by atoms with van der Waals surface area (Å²) in [6.45, 7) is 4.01. The molecule has 0 saturated carbocycles. The number of benzene rings is 2. The number of aliphatic hydroxyl groups is 1. The Morgan fingerprint density at radius 2 is 1.65 bits per heavy atom. The van der Waals surface area contributed by atoms with Gasteiger partial charge in [-0.2, -0.15) is 4.99 Å². The molecule has 8 heteroatoms. The number of carbonyl (C=O) groups is 1. The number of anilines is 1. The van der Waals surface area contributed by atoms with E-state index in [1.807, 2.05) is 24.3 Å². The number of aliphatic imine (C=N–C) groups is 1. The van der Waals surface area contributed by atoms with Gasteiger partial charge in [0.25, 0.3) is 0 Å². The van der Waals surface area contributed by atoms with Crippen molar-refractivity contribution in [2.45, 2.75) is 57.1 Å². The summed E-state index contributed by atoms with van der Waals surface area (Å²) >= 11 is 7.31. The molecular weight excluding hydrogens is 504 g/mol. The monoisotopic (exact) mass is 534 g/mol. The molecule has 0 bridgehead atoms. The molecule has 0 aliphatic carbocycles. The van der Waals surface area contributed by atoms with Crippen LogP contribution in [-0.4, -0.2) is 44.6 Å². The number of unbranched alkanes of at least 4 members (excludes halogenated alkanes) is 3. The molecule has 1 unspecified atom stereocenters. The number of hydrogen-bond acceptors (Lipinski definition) is 5. The minimum absolute atomic E-state index is 0.0139. The molecule has 2 aliphatic heterocycles. The van der Waals surface area contributed by atoms with Gasteiger partial charge in [0.2, 0.25) is 5.90 Å². The van der Waals surface area contributed by atoms with Gasteiger partial charge < -0.3 is 10.0 Å². The average molecular weight is 535 g/mol. The van der Waals surface area contributed by atoms with Gasteiger partial charge in [-0.3, -0.25) is 4.79 Å². The van der Waals surface area contributed by atoms with Gasteiger partial charge in [0.05, 0.1) is 22.3 Å². The quantitative estimate of drug-likeness (QED) is 0.284. The number of nitrogens with zero attached hydrogens (tertiary/aromatic N) is 4. The molecule has 0 fully saturated rings. The molecular formula is C29H31ClN4O2S. The Morgan fingerprint density at radius 1 is 0.973 bits per heavy atom. The number of fused-ring (bicyclic) bond motifs is 1. The van der Waals surface area contributed by atoms with E-state index in [2.05, 4.69) is 41.1 Å². The van der Waals surface area contributed by atoms with E-state index >= 15 is 0 Å². The summed E-state index contributed by atoms with van der Waals surface area (Å²) in [4.78, 5) is 27.7. The molecule has 1 aromatic heterocycles. The summed E-state index contributed by atoms with van der Waals surface area (Å²) in [5.41, 5.74) is 6.16. The lowest BCUT2D eigenvalue weighted by Gasteiger charge is -2.30. The zero-order valence-electron chi connectivity index (χ0n) is 21.0. The predicted molar refractivity (Wildman–Crippen MR) is 153 cm³/mol. The van der Waals surface area contributed by atoms with Crippen LogP contribution in [0.5, 0.6) is 0 Å². The maximum absolute atomic E-state index is 11.3. The smallest absolute Gasteiger partial charge is 0.308 e. The normalized spacial score (nSPS) is 17.1. The molecule has 1 atom stereocenters. The Hall–Kier alpha value is -2.90. The van der Waals surface area contributed by atoms with Crippen LogP contribution >= 0.6 is 23.4 Å². The summed E-state index contributed by atoms with van der Waals surface area (Å²) in [6.07, 6.45) is 6.98. The van der Waals surface area contributed by atoms with Gasteiger partial charge in [0.1, 0.15) is 0 Å². The van der Waals surface area contributed by atoms with Crippen LogP contribution in [0.4, 0.5) is 10.6 Å². The van der Waals surface area contributed by atoms with Crippen LogP contribution in [0, 0.1) is 6.92 Å². The number of thioether (sulfide) groups is 1. The fourth-order valence-electron chi connectivity index (χ4n) is 4.91. The zero-order chi connectivity index (χ0) is 25.8. The van der Waals surface area contributed by atoms with Gasteiger partial charge in [-0.15, -0.1) is 0 Å². The molecule has 3 heterocycles. The molecule has 0 radical (unpaired) electrons. The first-order valence-electron chi connectivity index (χ1n) is 12.9. The highest BCUT2D eigenvalue weighted by Crippen LogP contribution is 2.35. The average Bonchev–Trinajstić information content (AvgIpc) is 3.22. The molecule has 2 aliphatic rings. The fourth-order valence-corrected chi connectivity index (χ4v) is 5.86. The molecule has 192 valence electrons. The third-order valence-electron chi connectivity index (χ3n) is 6.91. The van der Waals surface area contributed by atoms with E-state index in [1.54, 1.807) is 0 Å². The van der Waals surface area contributed by atoms with Gasteiger partial charge in [-0.25, -0.2) is 9.97 Å². The molecule has 1 amide bonds. The minimum atomic E-state index is -0.282. The molecule has 5 rings (SSSR count). The van der Waals surface area contributed by atoms with E-state index in [-0.39, 0.29) is 16.4 Å². The first kappa shape index (κ1) is 25.7. The number of aryl methyl sites for hydroxylation is 2. The van der Waals surface area contributed by atoms with E-state index in [0.717, 1.165) is 104 Å². The van der Waals surface area contributed by atoms with Gasteiger partial charge >= 0.3 is 5.24 Å². The summed E-state index contributed by atoms with van der Waals surface area (Å²) in [5, 5.41) is 9.99. The number of carbonyl (C=O) groups excluding carboxylic acids is 1. The lowest BCUT2D eigenvalue weighted by molar-refractivity contribution is 0.267. The maximum Gasteiger partial charge on any atom is 0.308 e. The second kappa shape index (κ2) is 11.7. The van der Waals surface area contributed by atoms with E-state index < -0.39 is 0 Å². The van der Waals surface area contributed by atoms with E-state index in [1.165, 1.54) is 5.56 Å². The van der Waals surface area contributed by atoms with E-state index in [4.69, 9.17) is 21.6 Å².